The first-order valence-electron chi connectivity index (χ1n) is 9.47. The Kier molecular flexibility index (Phi) is 19.2. The van der Waals surface area contributed by atoms with Gasteiger partial charge >= 0.3 is 0 Å². The number of nitrogens with one attached hydrogen (secondary N) is 2. The highest BCUT2D eigenvalue weighted by molar-refractivity contribution is 5.86. The number of benzene rings is 1. The first-order chi connectivity index (χ1) is 12.4. The molecular formula is C19H34Cl4N6. The smallest absolute Gasteiger partial charge is 0.0967 e. The Hall–Kier alpha value is -0.600. The van der Waals surface area contributed by atoms with Gasteiger partial charge in [0.1, 0.15) is 0 Å². The second-order valence-electron chi connectivity index (χ2n) is 6.73. The number of hydrogen-bond donors (Lipinski definition) is 2. The van der Waals surface area contributed by atoms with Crippen molar-refractivity contribution in [2.75, 3.05) is 39.3 Å². The standard InChI is InChI=1S/C19H30N6.4ClH/c1-2-7-18(8-3-1)15-25-17-19(22-23-25)16-24-13-5-11-20-9-4-10-21-12-6-14-24;;;;/h1-3,7-8,17,20-21H,4-6,9-16H2;4*1H. The number of halogens is 4. The Labute approximate surface area is 199 Å². The van der Waals surface area contributed by atoms with Crippen molar-refractivity contribution in [1.82, 2.24) is 30.5 Å². The average Bonchev–Trinajstić information content (AvgIpc) is 3.05. The average molecular weight is 488 g/mol. The van der Waals surface area contributed by atoms with Crippen LogP contribution in [-0.4, -0.2) is 59.2 Å². The summed E-state index contributed by atoms with van der Waals surface area (Å²) in [6.45, 7) is 8.30. The second-order valence-corrected chi connectivity index (χ2v) is 6.73. The van der Waals surface area contributed by atoms with E-state index in [0.29, 0.717) is 0 Å². The molecule has 1 aromatic heterocycles. The predicted octanol–water partition coefficient (Wildman–Crippen LogP) is 3.18. The van der Waals surface area contributed by atoms with Gasteiger partial charge in [0.25, 0.3) is 0 Å². The molecular weight excluding hydrogens is 454 g/mol. The fraction of sp³-hybridized carbons (Fsp3) is 0.579. The summed E-state index contributed by atoms with van der Waals surface area (Å²) in [5, 5.41) is 15.7. The maximum atomic E-state index is 4.38. The van der Waals surface area contributed by atoms with E-state index in [1.54, 1.807) is 0 Å². The molecule has 10 heteroatoms. The van der Waals surface area contributed by atoms with Crippen molar-refractivity contribution in [2.24, 2.45) is 0 Å². The first-order valence-corrected chi connectivity index (χ1v) is 9.47. The fourth-order valence-electron chi connectivity index (χ4n) is 3.20. The Morgan fingerprint density at radius 2 is 1.34 bits per heavy atom. The summed E-state index contributed by atoms with van der Waals surface area (Å²) in [6, 6.07) is 10.4. The van der Waals surface area contributed by atoms with Crippen LogP contribution in [0.1, 0.15) is 30.5 Å². The van der Waals surface area contributed by atoms with E-state index in [-0.39, 0.29) is 49.6 Å². The molecule has 0 aliphatic carbocycles. The Balaban J connectivity index is 0. The van der Waals surface area contributed by atoms with Gasteiger partial charge in [-0.3, -0.25) is 4.90 Å². The van der Waals surface area contributed by atoms with Gasteiger partial charge in [-0.05, 0) is 64.1 Å². The van der Waals surface area contributed by atoms with Crippen LogP contribution in [0.4, 0.5) is 0 Å². The minimum absolute atomic E-state index is 0. The minimum atomic E-state index is 0. The van der Waals surface area contributed by atoms with Gasteiger partial charge in [-0.25, -0.2) is 4.68 Å². The van der Waals surface area contributed by atoms with E-state index in [9.17, 15) is 0 Å². The highest BCUT2D eigenvalue weighted by Gasteiger charge is 2.10. The second kappa shape index (κ2) is 18.2. The van der Waals surface area contributed by atoms with Crippen molar-refractivity contribution in [2.45, 2.75) is 32.4 Å². The van der Waals surface area contributed by atoms with E-state index in [2.05, 4.69) is 56.3 Å². The lowest BCUT2D eigenvalue weighted by molar-refractivity contribution is 0.252. The minimum Gasteiger partial charge on any atom is -0.317 e. The van der Waals surface area contributed by atoms with Gasteiger partial charge < -0.3 is 10.6 Å². The summed E-state index contributed by atoms with van der Waals surface area (Å²) in [4.78, 5) is 2.50. The third kappa shape index (κ3) is 12.0. The number of nitrogens with zero attached hydrogens (tertiary/aromatic N) is 4. The van der Waals surface area contributed by atoms with Crippen LogP contribution in [0.5, 0.6) is 0 Å². The normalized spacial score (nSPS) is 15.9. The summed E-state index contributed by atoms with van der Waals surface area (Å²) in [6.07, 6.45) is 5.67. The van der Waals surface area contributed by atoms with Gasteiger partial charge in [0.2, 0.25) is 0 Å². The van der Waals surface area contributed by atoms with E-state index in [1.807, 2.05) is 10.7 Å². The van der Waals surface area contributed by atoms with Crippen LogP contribution in [0.3, 0.4) is 0 Å². The quantitative estimate of drug-likeness (QED) is 0.693. The van der Waals surface area contributed by atoms with Crippen LogP contribution < -0.4 is 10.6 Å². The number of aromatic nitrogens is 3. The molecule has 0 saturated carbocycles. The summed E-state index contributed by atoms with van der Waals surface area (Å²) >= 11 is 0. The Morgan fingerprint density at radius 1 is 0.759 bits per heavy atom. The van der Waals surface area contributed by atoms with Crippen LogP contribution in [-0.2, 0) is 13.1 Å². The third-order valence-corrected chi connectivity index (χ3v) is 4.52. The monoisotopic (exact) mass is 486 g/mol. The molecule has 0 bridgehead atoms. The predicted molar refractivity (Wildman–Crippen MR) is 129 cm³/mol. The highest BCUT2D eigenvalue weighted by atomic mass is 35.5. The van der Waals surface area contributed by atoms with Gasteiger partial charge in [0, 0.05) is 6.54 Å². The largest absolute Gasteiger partial charge is 0.317 e. The molecule has 0 spiro atoms. The molecule has 2 heterocycles. The molecule has 0 atom stereocenters. The van der Waals surface area contributed by atoms with Crippen molar-refractivity contribution in [3.63, 3.8) is 0 Å². The van der Waals surface area contributed by atoms with Crippen LogP contribution in [0.15, 0.2) is 36.5 Å². The number of hydrogen-bond acceptors (Lipinski definition) is 5. The van der Waals surface area contributed by atoms with E-state index >= 15 is 0 Å². The molecule has 1 aliphatic rings. The molecule has 2 aromatic rings. The van der Waals surface area contributed by atoms with Crippen molar-refractivity contribution >= 4 is 49.6 Å². The zero-order chi connectivity index (χ0) is 17.2. The van der Waals surface area contributed by atoms with Crippen LogP contribution in [0.2, 0.25) is 0 Å². The lowest BCUT2D eigenvalue weighted by Gasteiger charge is -2.22. The molecule has 0 unspecified atom stereocenters. The lowest BCUT2D eigenvalue weighted by atomic mass is 10.2. The van der Waals surface area contributed by atoms with Crippen LogP contribution in [0, 0.1) is 0 Å². The van der Waals surface area contributed by atoms with E-state index in [1.165, 1.54) is 24.8 Å². The molecule has 6 nitrogen and oxygen atoms in total. The first kappa shape index (κ1) is 30.6. The fourth-order valence-corrected chi connectivity index (χ4v) is 3.20. The third-order valence-electron chi connectivity index (χ3n) is 4.52. The lowest BCUT2D eigenvalue weighted by Crippen LogP contribution is -2.32. The molecule has 1 aliphatic heterocycles. The maximum Gasteiger partial charge on any atom is 0.0967 e. The van der Waals surface area contributed by atoms with Crippen molar-refractivity contribution < 1.29 is 0 Å². The van der Waals surface area contributed by atoms with E-state index < -0.39 is 0 Å². The molecule has 3 rings (SSSR count). The van der Waals surface area contributed by atoms with Crippen molar-refractivity contribution in [3.8, 4) is 0 Å². The number of rotatable bonds is 4. The highest BCUT2D eigenvalue weighted by Crippen LogP contribution is 2.06. The molecule has 0 amide bonds. The van der Waals surface area contributed by atoms with Crippen LogP contribution in [0.25, 0.3) is 0 Å². The van der Waals surface area contributed by atoms with Crippen molar-refractivity contribution in [3.05, 3.63) is 47.8 Å². The van der Waals surface area contributed by atoms with E-state index in [4.69, 9.17) is 0 Å². The molecule has 1 aromatic carbocycles. The van der Waals surface area contributed by atoms with Gasteiger partial charge in [0.15, 0.2) is 0 Å². The van der Waals surface area contributed by atoms with Gasteiger partial charge in [-0.15, -0.1) is 54.7 Å². The molecule has 168 valence electrons. The molecule has 0 radical (unpaired) electrons. The molecule has 1 saturated heterocycles. The van der Waals surface area contributed by atoms with E-state index in [0.717, 1.165) is 58.1 Å². The van der Waals surface area contributed by atoms with Crippen molar-refractivity contribution in [1.29, 1.82) is 0 Å². The summed E-state index contributed by atoms with van der Waals surface area (Å²) < 4.78 is 1.93. The molecule has 2 N–H and O–H groups in total. The molecule has 29 heavy (non-hydrogen) atoms. The Bertz CT molecular complexity index is 602. The van der Waals surface area contributed by atoms with Crippen LogP contribution >= 0.6 is 49.6 Å². The Morgan fingerprint density at radius 3 is 1.97 bits per heavy atom. The SMILES string of the molecule is Cl.Cl.Cl.Cl.c1ccc(Cn2cc(CN3CCCNCCCNCCC3)nn2)cc1. The maximum absolute atomic E-state index is 4.38. The summed E-state index contributed by atoms with van der Waals surface area (Å²) in [5.41, 5.74) is 2.31. The summed E-state index contributed by atoms with van der Waals surface area (Å²) in [5.74, 6) is 0. The van der Waals surface area contributed by atoms with Gasteiger partial charge in [0.05, 0.1) is 18.4 Å². The molecule has 1 fully saturated rings. The van der Waals surface area contributed by atoms with Gasteiger partial charge in [-0.2, -0.15) is 0 Å². The zero-order valence-corrected chi connectivity index (χ0v) is 19.9. The van der Waals surface area contributed by atoms with Gasteiger partial charge in [-0.1, -0.05) is 35.5 Å². The topological polar surface area (TPSA) is 58.0 Å². The summed E-state index contributed by atoms with van der Waals surface area (Å²) in [7, 11) is 0. The zero-order valence-electron chi connectivity index (χ0n) is 16.7.